The molecule has 27 heavy (non-hydrogen) atoms. The number of hydrogen-bond acceptors (Lipinski definition) is 2. The van der Waals surface area contributed by atoms with Gasteiger partial charge in [-0.3, -0.25) is 4.90 Å². The molecule has 1 aliphatic heterocycles. The van der Waals surface area contributed by atoms with E-state index in [0.717, 1.165) is 30.7 Å². The van der Waals surface area contributed by atoms with Crippen LogP contribution in [0.3, 0.4) is 0 Å². The lowest BCUT2D eigenvalue weighted by Crippen LogP contribution is -2.16. The second-order valence-electron chi connectivity index (χ2n) is 7.49. The minimum Gasteiger partial charge on any atom is -0.439 e. The molecule has 0 fully saturated rings. The predicted molar refractivity (Wildman–Crippen MR) is 112 cm³/mol. The van der Waals surface area contributed by atoms with Crippen LogP contribution in [-0.2, 0) is 12.8 Å². The van der Waals surface area contributed by atoms with Crippen molar-refractivity contribution in [2.45, 2.75) is 33.1 Å². The maximum absolute atomic E-state index is 6.49. The second-order valence-corrected chi connectivity index (χ2v) is 7.49. The number of anilines is 3. The standard InChI is InChI=1S/C25H23NO/c1-17-14-15-24-21(16-17)20-11-7-10-19-9-4-6-13-23(19)26(25(20)27-24)22-12-5-3-8-18(22)2/h3-6,8-9,12-16H,7,10-11H2,1-2H3. The number of nitrogens with zero attached hydrogens (tertiary/aromatic N) is 1. The number of para-hydroxylation sites is 2. The minimum atomic E-state index is 0.969. The molecule has 0 aliphatic carbocycles. The van der Waals surface area contributed by atoms with Crippen molar-refractivity contribution in [2.75, 3.05) is 4.90 Å². The molecule has 0 unspecified atom stereocenters. The maximum Gasteiger partial charge on any atom is 0.209 e. The Morgan fingerprint density at radius 1 is 0.815 bits per heavy atom. The van der Waals surface area contributed by atoms with E-state index in [2.05, 4.69) is 85.5 Å². The number of aryl methyl sites for hydroxylation is 4. The molecule has 2 nitrogen and oxygen atoms in total. The first-order chi connectivity index (χ1) is 13.2. The topological polar surface area (TPSA) is 16.4 Å². The number of benzene rings is 3. The summed E-state index contributed by atoms with van der Waals surface area (Å²) < 4.78 is 6.49. The van der Waals surface area contributed by atoms with E-state index < -0.39 is 0 Å². The van der Waals surface area contributed by atoms with E-state index in [-0.39, 0.29) is 0 Å². The Hall–Kier alpha value is -3.00. The van der Waals surface area contributed by atoms with Gasteiger partial charge in [0.05, 0.1) is 11.4 Å². The van der Waals surface area contributed by atoms with Gasteiger partial charge in [-0.1, -0.05) is 48.0 Å². The van der Waals surface area contributed by atoms with E-state index in [1.807, 2.05) is 0 Å². The van der Waals surface area contributed by atoms with Crippen molar-refractivity contribution in [1.29, 1.82) is 0 Å². The van der Waals surface area contributed by atoms with Gasteiger partial charge in [-0.05, 0) is 68.5 Å². The van der Waals surface area contributed by atoms with Gasteiger partial charge >= 0.3 is 0 Å². The molecule has 2 heterocycles. The van der Waals surface area contributed by atoms with E-state index in [1.165, 1.54) is 39.0 Å². The zero-order chi connectivity index (χ0) is 18.4. The molecule has 0 amide bonds. The summed E-state index contributed by atoms with van der Waals surface area (Å²) in [6.45, 7) is 4.32. The molecule has 3 aromatic carbocycles. The van der Waals surface area contributed by atoms with Gasteiger partial charge in [0.25, 0.3) is 0 Å². The van der Waals surface area contributed by atoms with E-state index in [0.29, 0.717) is 0 Å². The minimum absolute atomic E-state index is 0.969. The van der Waals surface area contributed by atoms with Crippen molar-refractivity contribution in [2.24, 2.45) is 0 Å². The molecule has 2 heteroatoms. The number of fused-ring (bicyclic) bond motifs is 4. The largest absolute Gasteiger partial charge is 0.439 e. The van der Waals surface area contributed by atoms with Crippen LogP contribution in [-0.4, -0.2) is 0 Å². The zero-order valence-corrected chi connectivity index (χ0v) is 15.8. The summed E-state index contributed by atoms with van der Waals surface area (Å²) in [7, 11) is 0. The van der Waals surface area contributed by atoms with Crippen molar-refractivity contribution in [3.63, 3.8) is 0 Å². The lowest BCUT2D eigenvalue weighted by molar-refractivity contribution is 0.610. The first-order valence-electron chi connectivity index (χ1n) is 9.68. The first-order valence-corrected chi connectivity index (χ1v) is 9.68. The Kier molecular flexibility index (Phi) is 3.78. The molecule has 0 saturated heterocycles. The summed E-state index contributed by atoms with van der Waals surface area (Å²) in [6, 6.07) is 23.8. The van der Waals surface area contributed by atoms with Crippen molar-refractivity contribution in [1.82, 2.24) is 0 Å². The molecule has 0 radical (unpaired) electrons. The molecule has 0 spiro atoms. The van der Waals surface area contributed by atoms with Crippen LogP contribution in [0.1, 0.15) is 28.7 Å². The molecule has 0 N–H and O–H groups in total. The van der Waals surface area contributed by atoms with Gasteiger partial charge in [-0.15, -0.1) is 0 Å². The van der Waals surface area contributed by atoms with Crippen molar-refractivity contribution < 1.29 is 4.42 Å². The molecule has 0 atom stereocenters. The quantitative estimate of drug-likeness (QED) is 0.366. The average Bonchev–Trinajstić information content (AvgIpc) is 3.00. The summed E-state index contributed by atoms with van der Waals surface area (Å²) in [5.74, 6) is 0.969. The highest BCUT2D eigenvalue weighted by atomic mass is 16.4. The molecule has 4 aromatic rings. The van der Waals surface area contributed by atoms with Gasteiger partial charge in [0, 0.05) is 10.9 Å². The SMILES string of the molecule is Cc1ccc2oc3c(c2c1)CCCc1ccccc1N3c1ccccc1C. The average molecular weight is 353 g/mol. The Morgan fingerprint density at radius 2 is 1.59 bits per heavy atom. The fourth-order valence-electron chi connectivity index (χ4n) is 4.23. The van der Waals surface area contributed by atoms with Crippen LogP contribution in [0.25, 0.3) is 11.0 Å². The Morgan fingerprint density at radius 3 is 2.44 bits per heavy atom. The van der Waals surface area contributed by atoms with Crippen LogP contribution in [0.15, 0.2) is 71.1 Å². The molecular formula is C25H23NO. The maximum atomic E-state index is 6.49. The molecule has 5 rings (SSSR count). The summed E-state index contributed by atoms with van der Waals surface area (Å²) in [5.41, 5.74) is 8.61. The highest BCUT2D eigenvalue weighted by Crippen LogP contribution is 2.45. The first kappa shape index (κ1) is 16.2. The lowest BCUT2D eigenvalue weighted by Gasteiger charge is -2.29. The summed E-state index contributed by atoms with van der Waals surface area (Å²) in [4.78, 5) is 2.33. The molecule has 1 aromatic heterocycles. The van der Waals surface area contributed by atoms with E-state index >= 15 is 0 Å². The second kappa shape index (κ2) is 6.31. The van der Waals surface area contributed by atoms with Crippen molar-refractivity contribution >= 4 is 28.2 Å². The number of hydrogen-bond donors (Lipinski definition) is 0. The summed E-state index contributed by atoms with van der Waals surface area (Å²) in [5, 5.41) is 1.25. The van der Waals surface area contributed by atoms with Crippen LogP contribution < -0.4 is 4.90 Å². The van der Waals surface area contributed by atoms with Gasteiger partial charge in [-0.25, -0.2) is 0 Å². The summed E-state index contributed by atoms with van der Waals surface area (Å²) in [6.07, 6.45) is 3.24. The zero-order valence-electron chi connectivity index (χ0n) is 15.8. The molecule has 1 aliphatic rings. The van der Waals surface area contributed by atoms with Crippen LogP contribution in [0.2, 0.25) is 0 Å². The fraction of sp³-hybridized carbons (Fsp3) is 0.200. The van der Waals surface area contributed by atoms with Gasteiger partial charge in [-0.2, -0.15) is 0 Å². The smallest absolute Gasteiger partial charge is 0.209 e. The Labute approximate surface area is 160 Å². The van der Waals surface area contributed by atoms with Gasteiger partial charge < -0.3 is 4.42 Å². The van der Waals surface area contributed by atoms with Crippen LogP contribution >= 0.6 is 0 Å². The summed E-state index contributed by atoms with van der Waals surface area (Å²) >= 11 is 0. The highest BCUT2D eigenvalue weighted by Gasteiger charge is 2.26. The lowest BCUT2D eigenvalue weighted by atomic mass is 9.97. The number of furan rings is 1. The van der Waals surface area contributed by atoms with Gasteiger partial charge in [0.2, 0.25) is 5.88 Å². The van der Waals surface area contributed by atoms with Crippen molar-refractivity contribution in [3.8, 4) is 0 Å². The van der Waals surface area contributed by atoms with E-state index in [1.54, 1.807) is 0 Å². The number of rotatable bonds is 1. The Balaban J connectivity index is 1.85. The third-order valence-corrected chi connectivity index (χ3v) is 5.59. The molecular weight excluding hydrogens is 330 g/mol. The molecule has 134 valence electrons. The monoisotopic (exact) mass is 353 g/mol. The predicted octanol–water partition coefficient (Wildman–Crippen LogP) is 7.01. The van der Waals surface area contributed by atoms with Crippen LogP contribution in [0, 0.1) is 13.8 Å². The van der Waals surface area contributed by atoms with Crippen LogP contribution in [0.4, 0.5) is 17.3 Å². The molecule has 0 bridgehead atoms. The van der Waals surface area contributed by atoms with E-state index in [4.69, 9.17) is 4.42 Å². The third-order valence-electron chi connectivity index (χ3n) is 5.59. The van der Waals surface area contributed by atoms with Crippen LogP contribution in [0.5, 0.6) is 0 Å². The normalized spacial score (nSPS) is 13.8. The van der Waals surface area contributed by atoms with E-state index in [9.17, 15) is 0 Å². The molecule has 0 saturated carbocycles. The highest BCUT2D eigenvalue weighted by molar-refractivity contribution is 5.91. The Bertz CT molecular complexity index is 1140. The van der Waals surface area contributed by atoms with Gasteiger partial charge in [0.1, 0.15) is 5.58 Å². The fourth-order valence-corrected chi connectivity index (χ4v) is 4.23. The van der Waals surface area contributed by atoms with Gasteiger partial charge in [0.15, 0.2) is 0 Å². The third kappa shape index (κ3) is 2.64. The van der Waals surface area contributed by atoms with Crippen molar-refractivity contribution in [3.05, 3.63) is 89.0 Å².